The Kier molecular flexibility index (Phi) is 5.73. The van der Waals surface area contributed by atoms with E-state index >= 15 is 0 Å². The fraction of sp³-hybridized carbons (Fsp3) is 0.0625. The number of non-ortho nitro benzene ring substituents is 1. The van der Waals surface area contributed by atoms with E-state index in [2.05, 4.69) is 15.8 Å². The zero-order valence-electron chi connectivity index (χ0n) is 12.5. The third-order valence-electron chi connectivity index (χ3n) is 2.93. The number of benzene rings is 2. The Morgan fingerprint density at radius 3 is 2.58 bits per heavy atom. The topological polar surface area (TPSA) is 114 Å². The van der Waals surface area contributed by atoms with Crippen LogP contribution in [0, 0.1) is 10.1 Å². The molecule has 0 saturated heterocycles. The molecule has 0 radical (unpaired) electrons. The number of amides is 2. The summed E-state index contributed by atoms with van der Waals surface area (Å²) in [6.07, 6.45) is 1.28. The van der Waals surface area contributed by atoms with Crippen LogP contribution in [0.4, 0.5) is 5.69 Å². The van der Waals surface area contributed by atoms with Crippen molar-refractivity contribution in [2.75, 3.05) is 6.54 Å². The molecule has 2 N–H and O–H groups in total. The molecule has 0 aliphatic rings. The van der Waals surface area contributed by atoms with E-state index in [1.807, 2.05) is 0 Å². The Morgan fingerprint density at radius 1 is 1.12 bits per heavy atom. The highest BCUT2D eigenvalue weighted by Crippen LogP contribution is 2.11. The number of hydrogen-bond donors (Lipinski definition) is 2. The summed E-state index contributed by atoms with van der Waals surface area (Å²) in [6, 6.07) is 14.3. The summed E-state index contributed by atoms with van der Waals surface area (Å²) in [5, 5.41) is 16.8. The molecule has 0 aliphatic carbocycles. The van der Waals surface area contributed by atoms with Crippen molar-refractivity contribution in [1.29, 1.82) is 0 Å². The Bertz CT molecular complexity index is 775. The van der Waals surface area contributed by atoms with Gasteiger partial charge in [-0.3, -0.25) is 19.7 Å². The molecule has 2 amide bonds. The maximum Gasteiger partial charge on any atom is 0.270 e. The first kappa shape index (κ1) is 16.8. The van der Waals surface area contributed by atoms with Gasteiger partial charge in [0.15, 0.2) is 0 Å². The molecule has 0 unspecified atom stereocenters. The number of nitro groups is 1. The molecule has 0 fully saturated rings. The number of nitrogens with one attached hydrogen (secondary N) is 2. The molecule has 2 aromatic carbocycles. The van der Waals surface area contributed by atoms with Gasteiger partial charge in [-0.25, -0.2) is 5.43 Å². The minimum Gasteiger partial charge on any atom is -0.343 e. The summed E-state index contributed by atoms with van der Waals surface area (Å²) in [5.41, 5.74) is 3.08. The lowest BCUT2D eigenvalue weighted by molar-refractivity contribution is -0.384. The molecular formula is C16H14N4O4. The monoisotopic (exact) mass is 326 g/mol. The van der Waals surface area contributed by atoms with Gasteiger partial charge in [-0.2, -0.15) is 5.10 Å². The predicted molar refractivity (Wildman–Crippen MR) is 87.6 cm³/mol. The minimum atomic E-state index is -0.519. The van der Waals surface area contributed by atoms with Crippen molar-refractivity contribution in [3.63, 3.8) is 0 Å². The molecule has 0 spiro atoms. The zero-order valence-corrected chi connectivity index (χ0v) is 12.5. The average molecular weight is 326 g/mol. The Labute approximate surface area is 137 Å². The van der Waals surface area contributed by atoms with E-state index in [1.54, 1.807) is 36.4 Å². The SMILES string of the molecule is O=C(CNC(=O)c1ccccc1)NN=Cc1cccc([N+](=O)[O-])c1. The van der Waals surface area contributed by atoms with Gasteiger partial charge in [-0.15, -0.1) is 0 Å². The van der Waals surface area contributed by atoms with Crippen molar-refractivity contribution in [1.82, 2.24) is 10.7 Å². The van der Waals surface area contributed by atoms with Crippen LogP contribution in [-0.4, -0.2) is 29.5 Å². The van der Waals surface area contributed by atoms with E-state index in [4.69, 9.17) is 0 Å². The normalized spacial score (nSPS) is 10.3. The van der Waals surface area contributed by atoms with Crippen molar-refractivity contribution >= 4 is 23.7 Å². The quantitative estimate of drug-likeness (QED) is 0.475. The summed E-state index contributed by atoms with van der Waals surface area (Å²) in [4.78, 5) is 33.5. The first-order valence-electron chi connectivity index (χ1n) is 6.96. The van der Waals surface area contributed by atoms with Gasteiger partial charge in [0.2, 0.25) is 0 Å². The number of hydrazone groups is 1. The number of nitro benzene ring substituents is 1. The third-order valence-corrected chi connectivity index (χ3v) is 2.93. The highest BCUT2D eigenvalue weighted by atomic mass is 16.6. The van der Waals surface area contributed by atoms with Crippen molar-refractivity contribution in [3.05, 3.63) is 75.8 Å². The molecular weight excluding hydrogens is 312 g/mol. The molecule has 0 heterocycles. The van der Waals surface area contributed by atoms with Crippen molar-refractivity contribution in [2.45, 2.75) is 0 Å². The maximum atomic E-state index is 11.8. The number of carbonyl (C=O) groups excluding carboxylic acids is 2. The molecule has 0 atom stereocenters. The zero-order chi connectivity index (χ0) is 17.4. The first-order chi connectivity index (χ1) is 11.6. The van der Waals surface area contributed by atoms with Crippen molar-refractivity contribution in [3.8, 4) is 0 Å². The first-order valence-corrected chi connectivity index (χ1v) is 6.96. The van der Waals surface area contributed by atoms with E-state index in [0.29, 0.717) is 11.1 Å². The van der Waals surface area contributed by atoms with Crippen LogP contribution in [0.2, 0.25) is 0 Å². The molecule has 0 bridgehead atoms. The van der Waals surface area contributed by atoms with E-state index in [-0.39, 0.29) is 18.1 Å². The van der Waals surface area contributed by atoms with E-state index in [9.17, 15) is 19.7 Å². The van der Waals surface area contributed by atoms with Gasteiger partial charge in [0.25, 0.3) is 17.5 Å². The number of rotatable bonds is 6. The molecule has 24 heavy (non-hydrogen) atoms. The van der Waals surface area contributed by atoms with Crippen LogP contribution in [0.15, 0.2) is 59.7 Å². The third kappa shape index (κ3) is 5.02. The summed E-state index contributed by atoms with van der Waals surface area (Å²) in [6.45, 7) is -0.236. The Hall–Kier alpha value is -3.55. The van der Waals surface area contributed by atoms with Crippen LogP contribution in [0.25, 0.3) is 0 Å². The minimum absolute atomic E-state index is 0.0691. The highest BCUT2D eigenvalue weighted by Gasteiger charge is 2.07. The van der Waals surface area contributed by atoms with Gasteiger partial charge < -0.3 is 5.32 Å². The second kappa shape index (κ2) is 8.18. The summed E-state index contributed by atoms with van der Waals surface area (Å²) < 4.78 is 0. The Balaban J connectivity index is 1.82. The number of hydrogen-bond acceptors (Lipinski definition) is 5. The van der Waals surface area contributed by atoms with Crippen LogP contribution < -0.4 is 10.7 Å². The van der Waals surface area contributed by atoms with Gasteiger partial charge in [-0.05, 0) is 12.1 Å². The van der Waals surface area contributed by atoms with Crippen LogP contribution in [0.3, 0.4) is 0 Å². The smallest absolute Gasteiger partial charge is 0.270 e. The van der Waals surface area contributed by atoms with Gasteiger partial charge in [0.05, 0.1) is 17.7 Å². The summed E-state index contributed by atoms with van der Waals surface area (Å²) >= 11 is 0. The standard InChI is InChI=1S/C16H14N4O4/c21-15(11-17-16(22)13-6-2-1-3-7-13)19-18-10-12-5-4-8-14(9-12)20(23)24/h1-10H,11H2,(H,17,22)(H,19,21). The Morgan fingerprint density at radius 2 is 1.88 bits per heavy atom. The molecule has 122 valence electrons. The fourth-order valence-electron chi connectivity index (χ4n) is 1.79. The van der Waals surface area contributed by atoms with Crippen LogP contribution in [0.5, 0.6) is 0 Å². The van der Waals surface area contributed by atoms with Gasteiger partial charge >= 0.3 is 0 Å². The molecule has 0 saturated carbocycles. The molecule has 2 rings (SSSR count). The lowest BCUT2D eigenvalue weighted by Crippen LogP contribution is -2.34. The molecule has 8 heteroatoms. The molecule has 0 aliphatic heterocycles. The van der Waals surface area contributed by atoms with Crippen LogP contribution in [-0.2, 0) is 4.79 Å². The molecule has 0 aromatic heterocycles. The average Bonchev–Trinajstić information content (AvgIpc) is 2.60. The molecule has 2 aromatic rings. The van der Waals surface area contributed by atoms with Crippen LogP contribution >= 0.6 is 0 Å². The van der Waals surface area contributed by atoms with Gasteiger partial charge in [0, 0.05) is 23.3 Å². The van der Waals surface area contributed by atoms with E-state index in [1.165, 1.54) is 24.4 Å². The highest BCUT2D eigenvalue weighted by molar-refractivity contribution is 5.96. The predicted octanol–water partition coefficient (Wildman–Crippen LogP) is 1.47. The number of carbonyl (C=O) groups is 2. The largest absolute Gasteiger partial charge is 0.343 e. The van der Waals surface area contributed by atoms with Crippen molar-refractivity contribution < 1.29 is 14.5 Å². The fourth-order valence-corrected chi connectivity index (χ4v) is 1.79. The second-order valence-electron chi connectivity index (χ2n) is 4.69. The van der Waals surface area contributed by atoms with E-state index < -0.39 is 10.8 Å². The maximum absolute atomic E-state index is 11.8. The van der Waals surface area contributed by atoms with Gasteiger partial charge in [-0.1, -0.05) is 30.3 Å². The van der Waals surface area contributed by atoms with Crippen LogP contribution in [0.1, 0.15) is 15.9 Å². The van der Waals surface area contributed by atoms with Crippen molar-refractivity contribution in [2.24, 2.45) is 5.10 Å². The summed E-state index contributed by atoms with van der Waals surface area (Å²) in [5.74, 6) is -0.880. The van der Waals surface area contributed by atoms with E-state index in [0.717, 1.165) is 0 Å². The second-order valence-corrected chi connectivity index (χ2v) is 4.69. The lowest BCUT2D eigenvalue weighted by Gasteiger charge is -2.03. The number of nitrogens with zero attached hydrogens (tertiary/aromatic N) is 2. The molecule has 8 nitrogen and oxygen atoms in total. The summed E-state index contributed by atoms with van der Waals surface area (Å²) in [7, 11) is 0. The lowest BCUT2D eigenvalue weighted by atomic mass is 10.2. The van der Waals surface area contributed by atoms with Gasteiger partial charge in [0.1, 0.15) is 0 Å².